The summed E-state index contributed by atoms with van der Waals surface area (Å²) >= 11 is 1.78. The van der Waals surface area contributed by atoms with Crippen LogP contribution in [0, 0.1) is 0 Å². The first-order chi connectivity index (χ1) is 8.63. The van der Waals surface area contributed by atoms with Crippen LogP contribution in [0.25, 0.3) is 0 Å². The summed E-state index contributed by atoms with van der Waals surface area (Å²) in [5, 5.41) is 9.35. The standard InChI is InChI=1S/C14H17NO2S/c1-10(17)15-7-4-11-8-12(2-3-13(11)15)18-14(9-16)5-6-14/h2-3,8,16H,4-7,9H2,1H3. The highest BCUT2D eigenvalue weighted by Crippen LogP contribution is 2.51. The summed E-state index contributed by atoms with van der Waals surface area (Å²) in [5.74, 6) is 0.114. The highest BCUT2D eigenvalue weighted by Gasteiger charge is 2.43. The molecule has 1 aromatic carbocycles. The molecule has 18 heavy (non-hydrogen) atoms. The van der Waals surface area contributed by atoms with Crippen molar-refractivity contribution >= 4 is 23.4 Å². The van der Waals surface area contributed by atoms with E-state index in [1.165, 1.54) is 10.5 Å². The van der Waals surface area contributed by atoms with Gasteiger partial charge in [0.1, 0.15) is 0 Å². The van der Waals surface area contributed by atoms with Crippen LogP contribution in [0.1, 0.15) is 25.3 Å². The summed E-state index contributed by atoms with van der Waals surface area (Å²) < 4.78 is 0.0765. The molecular weight excluding hydrogens is 246 g/mol. The van der Waals surface area contributed by atoms with Crippen molar-refractivity contribution in [2.75, 3.05) is 18.1 Å². The van der Waals surface area contributed by atoms with Crippen molar-refractivity contribution < 1.29 is 9.90 Å². The van der Waals surface area contributed by atoms with E-state index >= 15 is 0 Å². The summed E-state index contributed by atoms with van der Waals surface area (Å²) in [6.45, 7) is 2.67. The number of carbonyl (C=O) groups is 1. The molecule has 1 aromatic rings. The van der Waals surface area contributed by atoms with Gasteiger partial charge < -0.3 is 10.0 Å². The van der Waals surface area contributed by atoms with Crippen molar-refractivity contribution in [3.63, 3.8) is 0 Å². The predicted molar refractivity (Wildman–Crippen MR) is 73.1 cm³/mol. The first kappa shape index (κ1) is 12.1. The average molecular weight is 263 g/mol. The van der Waals surface area contributed by atoms with E-state index in [2.05, 4.69) is 12.1 Å². The summed E-state index contributed by atoms with van der Waals surface area (Å²) in [4.78, 5) is 14.5. The maximum absolute atomic E-state index is 11.5. The normalized spacial score (nSPS) is 19.8. The second kappa shape index (κ2) is 4.28. The minimum absolute atomic E-state index is 0.0765. The van der Waals surface area contributed by atoms with Gasteiger partial charge in [-0.1, -0.05) is 0 Å². The number of rotatable bonds is 3. The number of amides is 1. The molecule has 3 rings (SSSR count). The number of aliphatic hydroxyl groups excluding tert-OH is 1. The van der Waals surface area contributed by atoms with Gasteiger partial charge in [0.2, 0.25) is 5.91 Å². The van der Waals surface area contributed by atoms with E-state index in [9.17, 15) is 9.90 Å². The fourth-order valence-corrected chi connectivity index (χ4v) is 3.66. The van der Waals surface area contributed by atoms with Gasteiger partial charge in [0.05, 0.1) is 6.61 Å². The second-order valence-corrected chi connectivity index (χ2v) is 6.70. The van der Waals surface area contributed by atoms with Crippen molar-refractivity contribution in [2.24, 2.45) is 0 Å². The monoisotopic (exact) mass is 263 g/mol. The zero-order chi connectivity index (χ0) is 12.8. The molecule has 0 saturated heterocycles. The van der Waals surface area contributed by atoms with Gasteiger partial charge in [0, 0.05) is 28.8 Å². The van der Waals surface area contributed by atoms with Crippen LogP contribution in [0.15, 0.2) is 23.1 Å². The van der Waals surface area contributed by atoms with Crippen LogP contribution >= 0.6 is 11.8 Å². The number of carbonyl (C=O) groups excluding carboxylic acids is 1. The van der Waals surface area contributed by atoms with Gasteiger partial charge >= 0.3 is 0 Å². The van der Waals surface area contributed by atoms with Crippen LogP contribution < -0.4 is 4.90 Å². The molecule has 2 aliphatic rings. The Kier molecular flexibility index (Phi) is 2.87. The van der Waals surface area contributed by atoms with Gasteiger partial charge in [0.15, 0.2) is 0 Å². The van der Waals surface area contributed by atoms with Gasteiger partial charge in [-0.15, -0.1) is 11.8 Å². The molecule has 1 aliphatic carbocycles. The molecule has 0 aromatic heterocycles. The molecule has 0 unspecified atom stereocenters. The highest BCUT2D eigenvalue weighted by molar-refractivity contribution is 8.01. The van der Waals surface area contributed by atoms with Crippen LogP contribution in [0.5, 0.6) is 0 Å². The third kappa shape index (κ3) is 2.04. The van der Waals surface area contributed by atoms with E-state index < -0.39 is 0 Å². The lowest BCUT2D eigenvalue weighted by atomic mass is 10.2. The zero-order valence-electron chi connectivity index (χ0n) is 10.5. The third-order valence-corrected chi connectivity index (χ3v) is 5.22. The molecule has 96 valence electrons. The predicted octanol–water partition coefficient (Wildman–Crippen LogP) is 2.21. The molecule has 1 aliphatic heterocycles. The quantitative estimate of drug-likeness (QED) is 0.909. The molecular formula is C14H17NO2S. The number of thioether (sulfide) groups is 1. The fraction of sp³-hybridized carbons (Fsp3) is 0.500. The Hall–Kier alpha value is -1.00. The van der Waals surface area contributed by atoms with Crippen LogP contribution in [-0.4, -0.2) is 28.9 Å². The number of nitrogens with zero attached hydrogens (tertiary/aromatic N) is 1. The summed E-state index contributed by atoms with van der Waals surface area (Å²) in [6, 6.07) is 6.29. The average Bonchev–Trinajstić information content (AvgIpc) is 2.99. The van der Waals surface area contributed by atoms with Crippen molar-refractivity contribution in [3.05, 3.63) is 23.8 Å². The number of anilines is 1. The molecule has 3 nitrogen and oxygen atoms in total. The van der Waals surface area contributed by atoms with Gasteiger partial charge in [0.25, 0.3) is 0 Å². The van der Waals surface area contributed by atoms with E-state index in [4.69, 9.17) is 0 Å². The zero-order valence-corrected chi connectivity index (χ0v) is 11.3. The van der Waals surface area contributed by atoms with E-state index in [0.717, 1.165) is 31.5 Å². The number of aliphatic hydroxyl groups is 1. The summed E-state index contributed by atoms with van der Waals surface area (Å²) in [7, 11) is 0. The van der Waals surface area contributed by atoms with E-state index in [0.29, 0.717) is 0 Å². The minimum Gasteiger partial charge on any atom is -0.395 e. The van der Waals surface area contributed by atoms with Crippen molar-refractivity contribution in [1.29, 1.82) is 0 Å². The molecule has 0 atom stereocenters. The largest absolute Gasteiger partial charge is 0.395 e. The number of benzene rings is 1. The summed E-state index contributed by atoms with van der Waals surface area (Å²) in [6.07, 6.45) is 3.14. The van der Waals surface area contributed by atoms with Crippen LogP contribution in [0.4, 0.5) is 5.69 Å². The molecule has 1 fully saturated rings. The molecule has 1 saturated carbocycles. The molecule has 1 heterocycles. The van der Waals surface area contributed by atoms with Crippen molar-refractivity contribution in [2.45, 2.75) is 35.8 Å². The van der Waals surface area contributed by atoms with Gasteiger partial charge in [-0.3, -0.25) is 4.79 Å². The Balaban J connectivity index is 1.82. The van der Waals surface area contributed by atoms with Crippen LogP contribution in [0.3, 0.4) is 0 Å². The first-order valence-electron chi connectivity index (χ1n) is 6.34. The molecule has 0 radical (unpaired) electrons. The molecule has 1 N–H and O–H groups in total. The van der Waals surface area contributed by atoms with Gasteiger partial charge in [-0.05, 0) is 43.0 Å². The topological polar surface area (TPSA) is 40.5 Å². The van der Waals surface area contributed by atoms with E-state index in [1.54, 1.807) is 18.7 Å². The van der Waals surface area contributed by atoms with Crippen LogP contribution in [-0.2, 0) is 11.2 Å². The smallest absolute Gasteiger partial charge is 0.223 e. The molecule has 1 amide bonds. The Bertz CT molecular complexity index is 497. The Morgan fingerprint density at radius 2 is 2.28 bits per heavy atom. The molecule has 4 heteroatoms. The maximum atomic E-state index is 11.5. The molecule has 0 spiro atoms. The number of fused-ring (bicyclic) bond motifs is 1. The Labute approximate surface area is 111 Å². The Morgan fingerprint density at radius 1 is 1.50 bits per heavy atom. The molecule has 0 bridgehead atoms. The fourth-order valence-electron chi connectivity index (χ4n) is 2.45. The van der Waals surface area contributed by atoms with Gasteiger partial charge in [-0.25, -0.2) is 0 Å². The third-order valence-electron chi connectivity index (χ3n) is 3.76. The second-order valence-electron chi connectivity index (χ2n) is 5.15. The highest BCUT2D eigenvalue weighted by atomic mass is 32.2. The maximum Gasteiger partial charge on any atom is 0.223 e. The van der Waals surface area contributed by atoms with E-state index in [-0.39, 0.29) is 17.3 Å². The van der Waals surface area contributed by atoms with Crippen LogP contribution in [0.2, 0.25) is 0 Å². The lowest BCUT2D eigenvalue weighted by Crippen LogP contribution is -2.25. The first-order valence-corrected chi connectivity index (χ1v) is 7.16. The summed E-state index contributed by atoms with van der Waals surface area (Å²) in [5.41, 5.74) is 2.31. The number of hydrogen-bond acceptors (Lipinski definition) is 3. The Morgan fingerprint density at radius 3 is 2.89 bits per heavy atom. The number of hydrogen-bond donors (Lipinski definition) is 1. The van der Waals surface area contributed by atoms with E-state index in [1.807, 2.05) is 11.0 Å². The van der Waals surface area contributed by atoms with Crippen molar-refractivity contribution in [3.8, 4) is 0 Å². The van der Waals surface area contributed by atoms with Gasteiger partial charge in [-0.2, -0.15) is 0 Å². The lowest BCUT2D eigenvalue weighted by Gasteiger charge is -2.16. The van der Waals surface area contributed by atoms with Crippen molar-refractivity contribution in [1.82, 2.24) is 0 Å². The minimum atomic E-state index is 0.0765. The lowest BCUT2D eigenvalue weighted by molar-refractivity contribution is -0.116. The SMILES string of the molecule is CC(=O)N1CCc2cc(SC3(CO)CC3)ccc21.